The number of hydrogen-bond donors (Lipinski definition) is 2. The molecule has 40 heavy (non-hydrogen) atoms. The highest BCUT2D eigenvalue weighted by Crippen LogP contribution is 2.45. The Balaban J connectivity index is 1.41. The van der Waals surface area contributed by atoms with E-state index in [1.807, 2.05) is 6.07 Å². The molecule has 3 aromatic heterocycles. The molecule has 2 atom stereocenters. The SMILES string of the molecule is C[C@@H](Nc1nc(-c2noc(=O)[nH]2)nc2nc(C3(c4ccccc4)CCO3)n(C[C@H]3CC[C@H](C)CC3)c12)C1CCC1. The van der Waals surface area contributed by atoms with E-state index in [1.165, 1.54) is 44.9 Å². The van der Waals surface area contributed by atoms with Crippen LogP contribution in [0.15, 0.2) is 39.6 Å². The van der Waals surface area contributed by atoms with Crippen LogP contribution in [0.5, 0.6) is 0 Å². The summed E-state index contributed by atoms with van der Waals surface area (Å²) < 4.78 is 13.6. The Bertz CT molecular complexity index is 1540. The normalized spacial score (nSPS) is 25.9. The molecule has 1 aliphatic heterocycles. The highest BCUT2D eigenvalue weighted by molar-refractivity contribution is 5.86. The molecule has 0 bridgehead atoms. The predicted octanol–water partition coefficient (Wildman–Crippen LogP) is 5.26. The van der Waals surface area contributed by atoms with Crippen molar-refractivity contribution in [1.82, 2.24) is 29.7 Å². The molecular weight excluding hydrogens is 506 g/mol. The standard InChI is InChI=1S/C30H37N7O3/c1-18-11-13-20(14-12-18)17-37-23-24(31-19(2)21-7-6-8-21)32-26(27-35-29(38)40-36-27)33-25(23)34-28(37)30(15-16-39-30)22-9-4-3-5-10-22/h3-5,9-10,18-21H,6-8,11-17H2,1-2H3,(H,31,32,33)(H,35,36,38)/t18-,19-,20-,30?/m1/s1. The summed E-state index contributed by atoms with van der Waals surface area (Å²) in [7, 11) is 0. The summed E-state index contributed by atoms with van der Waals surface area (Å²) in [6, 6.07) is 10.6. The zero-order valence-electron chi connectivity index (χ0n) is 23.2. The van der Waals surface area contributed by atoms with Gasteiger partial charge in [-0.1, -0.05) is 61.7 Å². The van der Waals surface area contributed by atoms with Gasteiger partial charge in [-0.3, -0.25) is 9.51 Å². The van der Waals surface area contributed by atoms with Crippen LogP contribution in [0.2, 0.25) is 0 Å². The van der Waals surface area contributed by atoms with E-state index in [0.29, 0.717) is 29.9 Å². The number of aromatic nitrogens is 6. The van der Waals surface area contributed by atoms with Crippen molar-refractivity contribution < 1.29 is 9.26 Å². The molecule has 4 aromatic rings. The molecule has 2 saturated carbocycles. The molecule has 1 saturated heterocycles. The molecule has 10 heteroatoms. The monoisotopic (exact) mass is 543 g/mol. The van der Waals surface area contributed by atoms with Crippen molar-refractivity contribution in [3.05, 3.63) is 52.3 Å². The van der Waals surface area contributed by atoms with Gasteiger partial charge < -0.3 is 14.6 Å². The van der Waals surface area contributed by atoms with Crippen molar-refractivity contribution in [1.29, 1.82) is 0 Å². The van der Waals surface area contributed by atoms with Crippen molar-refractivity contribution in [2.24, 2.45) is 17.8 Å². The van der Waals surface area contributed by atoms with Gasteiger partial charge in [0.15, 0.2) is 17.1 Å². The minimum Gasteiger partial charge on any atom is -0.365 e. The second-order valence-electron chi connectivity index (χ2n) is 12.1. The minimum atomic E-state index is -0.639. The molecule has 3 fully saturated rings. The topological polar surface area (TPSA) is 124 Å². The lowest BCUT2D eigenvalue weighted by Crippen LogP contribution is -2.44. The minimum absolute atomic E-state index is 0.196. The quantitative estimate of drug-likeness (QED) is 0.308. The van der Waals surface area contributed by atoms with Gasteiger partial charge in [0, 0.05) is 19.0 Å². The first kappa shape index (κ1) is 25.4. The number of fused-ring (bicyclic) bond motifs is 1. The first-order valence-electron chi connectivity index (χ1n) is 14.8. The first-order chi connectivity index (χ1) is 19.5. The molecule has 210 valence electrons. The van der Waals surface area contributed by atoms with E-state index in [9.17, 15) is 4.79 Å². The van der Waals surface area contributed by atoms with Gasteiger partial charge in [0.25, 0.3) is 0 Å². The van der Waals surface area contributed by atoms with Gasteiger partial charge in [0.1, 0.15) is 11.3 Å². The summed E-state index contributed by atoms with van der Waals surface area (Å²) in [5.74, 6) is 3.35. The van der Waals surface area contributed by atoms with E-state index in [1.54, 1.807) is 0 Å². The lowest BCUT2D eigenvalue weighted by atomic mass is 9.80. The summed E-state index contributed by atoms with van der Waals surface area (Å²) in [4.78, 5) is 29.3. The maximum absolute atomic E-state index is 11.8. The van der Waals surface area contributed by atoms with Gasteiger partial charge in [-0.05, 0) is 55.9 Å². The molecule has 2 aliphatic carbocycles. The number of nitrogens with one attached hydrogen (secondary N) is 2. The Kier molecular flexibility index (Phi) is 6.45. The number of aromatic amines is 1. The molecule has 4 heterocycles. The third-order valence-electron chi connectivity index (χ3n) is 9.46. The van der Waals surface area contributed by atoms with Gasteiger partial charge in [0.2, 0.25) is 11.6 Å². The third kappa shape index (κ3) is 4.42. The average molecular weight is 544 g/mol. The van der Waals surface area contributed by atoms with Crippen LogP contribution in [0.4, 0.5) is 5.82 Å². The molecule has 0 radical (unpaired) electrons. The highest BCUT2D eigenvalue weighted by atomic mass is 16.5. The average Bonchev–Trinajstić information content (AvgIpc) is 3.48. The maximum Gasteiger partial charge on any atom is 0.439 e. The fourth-order valence-electron chi connectivity index (χ4n) is 6.64. The van der Waals surface area contributed by atoms with Crippen molar-refractivity contribution >= 4 is 17.0 Å². The second kappa shape index (κ2) is 10.1. The third-order valence-corrected chi connectivity index (χ3v) is 9.46. The van der Waals surface area contributed by atoms with E-state index in [4.69, 9.17) is 24.2 Å². The fraction of sp³-hybridized carbons (Fsp3) is 0.567. The number of nitrogens with zero attached hydrogens (tertiary/aromatic N) is 5. The Morgan fingerprint density at radius 2 is 1.88 bits per heavy atom. The molecule has 1 aromatic carbocycles. The van der Waals surface area contributed by atoms with Gasteiger partial charge in [-0.15, -0.1) is 0 Å². The van der Waals surface area contributed by atoms with E-state index in [-0.39, 0.29) is 17.7 Å². The van der Waals surface area contributed by atoms with Crippen molar-refractivity contribution in [3.8, 4) is 11.6 Å². The van der Waals surface area contributed by atoms with E-state index < -0.39 is 11.4 Å². The van der Waals surface area contributed by atoms with E-state index in [2.05, 4.69) is 58.1 Å². The summed E-state index contributed by atoms with van der Waals surface area (Å²) in [6.45, 7) is 6.10. The number of ether oxygens (including phenoxy) is 1. The van der Waals surface area contributed by atoms with Gasteiger partial charge in [-0.2, -0.15) is 0 Å². The Morgan fingerprint density at radius 1 is 1.10 bits per heavy atom. The second-order valence-corrected chi connectivity index (χ2v) is 12.1. The van der Waals surface area contributed by atoms with Crippen LogP contribution in [0.1, 0.15) is 76.6 Å². The molecule has 0 amide bonds. The Morgan fingerprint density at radius 3 is 2.50 bits per heavy atom. The number of H-pyrrole nitrogens is 1. The smallest absolute Gasteiger partial charge is 0.365 e. The summed E-state index contributed by atoms with van der Waals surface area (Å²) in [5, 5.41) is 7.60. The van der Waals surface area contributed by atoms with Crippen molar-refractivity contribution in [2.45, 2.75) is 83.4 Å². The van der Waals surface area contributed by atoms with Gasteiger partial charge in [-0.25, -0.2) is 19.7 Å². The van der Waals surface area contributed by atoms with Gasteiger partial charge in [0.05, 0.1) is 6.61 Å². The number of imidazole rings is 1. The molecule has 7 rings (SSSR count). The largest absolute Gasteiger partial charge is 0.439 e. The van der Waals surface area contributed by atoms with Crippen molar-refractivity contribution in [2.75, 3.05) is 11.9 Å². The number of rotatable bonds is 8. The summed E-state index contributed by atoms with van der Waals surface area (Å²) in [6.07, 6.45) is 9.41. The van der Waals surface area contributed by atoms with Crippen LogP contribution in [0, 0.1) is 17.8 Å². The van der Waals surface area contributed by atoms with Crippen LogP contribution in [0.25, 0.3) is 22.8 Å². The van der Waals surface area contributed by atoms with E-state index >= 15 is 0 Å². The maximum atomic E-state index is 11.8. The lowest BCUT2D eigenvalue weighted by Gasteiger charge is -2.42. The Labute approximate surface area is 233 Å². The van der Waals surface area contributed by atoms with Crippen molar-refractivity contribution in [3.63, 3.8) is 0 Å². The van der Waals surface area contributed by atoms with Crippen LogP contribution in [-0.2, 0) is 16.9 Å². The molecule has 0 spiro atoms. The van der Waals surface area contributed by atoms with Crippen LogP contribution < -0.4 is 11.1 Å². The predicted molar refractivity (Wildman–Crippen MR) is 151 cm³/mol. The molecule has 2 N–H and O–H groups in total. The van der Waals surface area contributed by atoms with Gasteiger partial charge >= 0.3 is 5.76 Å². The highest BCUT2D eigenvalue weighted by Gasteiger charge is 2.47. The summed E-state index contributed by atoms with van der Waals surface area (Å²) in [5.41, 5.74) is 1.92. The number of benzene rings is 1. The molecule has 3 aliphatic rings. The number of hydrogen-bond acceptors (Lipinski definition) is 8. The zero-order chi connectivity index (χ0) is 27.3. The molecule has 10 nitrogen and oxygen atoms in total. The fourth-order valence-corrected chi connectivity index (χ4v) is 6.64. The van der Waals surface area contributed by atoms with Crippen LogP contribution in [-0.4, -0.2) is 42.3 Å². The lowest BCUT2D eigenvalue weighted by molar-refractivity contribution is -0.131. The molecular formula is C30H37N7O3. The zero-order valence-corrected chi connectivity index (χ0v) is 23.2. The number of anilines is 1. The van der Waals surface area contributed by atoms with E-state index in [0.717, 1.165) is 35.8 Å². The summed E-state index contributed by atoms with van der Waals surface area (Å²) >= 11 is 0. The van der Waals surface area contributed by atoms with Crippen LogP contribution >= 0.6 is 0 Å². The first-order valence-corrected chi connectivity index (χ1v) is 14.8. The van der Waals surface area contributed by atoms with Crippen LogP contribution in [0.3, 0.4) is 0 Å². The Hall–Kier alpha value is -3.53. The molecule has 1 unspecified atom stereocenters.